The molecule has 0 radical (unpaired) electrons. The van der Waals surface area contributed by atoms with Gasteiger partial charge in [0.05, 0.1) is 10.5 Å². The molecule has 1 aromatic carbocycles. The number of allylic oxidation sites excluding steroid dienone is 2. The highest BCUT2D eigenvalue weighted by atomic mass is 35.5. The maximum absolute atomic E-state index is 11.0. The lowest BCUT2D eigenvalue weighted by molar-refractivity contribution is -0.385. The van der Waals surface area contributed by atoms with Crippen molar-refractivity contribution in [2.75, 3.05) is 0 Å². The summed E-state index contributed by atoms with van der Waals surface area (Å²) in [6.07, 6.45) is 0. The van der Waals surface area contributed by atoms with Crippen LogP contribution in [0.5, 0.6) is 0 Å². The molecule has 0 aliphatic rings. The number of nitro benzene ring substituents is 1. The van der Waals surface area contributed by atoms with Crippen molar-refractivity contribution < 1.29 is 9.72 Å². The summed E-state index contributed by atoms with van der Waals surface area (Å²) in [5.41, 5.74) is 1.22. The first-order chi connectivity index (χ1) is 7.45. The van der Waals surface area contributed by atoms with E-state index >= 15 is 0 Å². The zero-order valence-corrected chi connectivity index (χ0v) is 9.62. The van der Waals surface area contributed by atoms with Crippen molar-refractivity contribution in [1.29, 1.82) is 0 Å². The summed E-state index contributed by atoms with van der Waals surface area (Å²) in [7, 11) is 0. The molecule has 1 rings (SSSR count). The van der Waals surface area contributed by atoms with E-state index in [1.54, 1.807) is 32.0 Å². The van der Waals surface area contributed by atoms with E-state index in [1.807, 2.05) is 0 Å². The monoisotopic (exact) mass is 239 g/mol. The van der Waals surface area contributed by atoms with Crippen molar-refractivity contribution in [2.45, 2.75) is 13.8 Å². The molecular weight excluding hydrogens is 230 g/mol. The number of nitro groups is 1. The summed E-state index contributed by atoms with van der Waals surface area (Å²) in [6, 6.07) is 6.24. The fourth-order valence-electron chi connectivity index (χ4n) is 1.30. The van der Waals surface area contributed by atoms with Crippen molar-refractivity contribution in [3.63, 3.8) is 0 Å². The van der Waals surface area contributed by atoms with Crippen molar-refractivity contribution in [2.24, 2.45) is 0 Å². The Morgan fingerprint density at radius 2 is 1.88 bits per heavy atom. The molecular formula is C11H10ClNO3. The van der Waals surface area contributed by atoms with Crippen LogP contribution in [0.4, 0.5) is 5.69 Å². The smallest absolute Gasteiger partial charge is 0.276 e. The summed E-state index contributed by atoms with van der Waals surface area (Å²) >= 11 is 5.34. The first-order valence-corrected chi connectivity index (χ1v) is 4.94. The van der Waals surface area contributed by atoms with Gasteiger partial charge in [-0.15, -0.1) is 0 Å². The van der Waals surface area contributed by atoms with Crippen LogP contribution in [0.25, 0.3) is 5.57 Å². The molecule has 4 nitrogen and oxygen atoms in total. The number of halogens is 1. The van der Waals surface area contributed by atoms with Gasteiger partial charge in [-0.1, -0.05) is 12.1 Å². The molecule has 0 bridgehead atoms. The molecule has 0 amide bonds. The molecule has 0 N–H and O–H groups in total. The van der Waals surface area contributed by atoms with Crippen LogP contribution in [0.2, 0.25) is 0 Å². The van der Waals surface area contributed by atoms with Crippen LogP contribution in [0.15, 0.2) is 29.8 Å². The minimum atomic E-state index is -0.601. The normalized spacial score (nSPS) is 11.9. The second-order valence-corrected chi connectivity index (χ2v) is 3.64. The average molecular weight is 240 g/mol. The average Bonchev–Trinajstić information content (AvgIpc) is 2.26. The second kappa shape index (κ2) is 4.90. The third kappa shape index (κ3) is 2.46. The molecule has 16 heavy (non-hydrogen) atoms. The van der Waals surface area contributed by atoms with E-state index in [9.17, 15) is 14.9 Å². The molecule has 0 saturated carbocycles. The molecule has 0 atom stereocenters. The van der Waals surface area contributed by atoms with Crippen molar-refractivity contribution in [3.8, 4) is 0 Å². The molecule has 0 saturated heterocycles. The molecule has 0 fully saturated rings. The predicted molar refractivity (Wildman–Crippen MR) is 62.2 cm³/mol. The van der Waals surface area contributed by atoms with E-state index in [0.717, 1.165) is 0 Å². The van der Waals surface area contributed by atoms with E-state index in [4.69, 9.17) is 11.6 Å². The zero-order valence-electron chi connectivity index (χ0n) is 8.86. The Labute approximate surface area is 97.7 Å². The standard InChI is InChI=1S/C11H10ClNO3/c1-7(8(2)11(12)14)9-5-3-4-6-10(9)13(15)16/h3-6H,1-2H3/b8-7-. The van der Waals surface area contributed by atoms with Gasteiger partial charge in [-0.2, -0.15) is 0 Å². The van der Waals surface area contributed by atoms with Crippen LogP contribution >= 0.6 is 11.6 Å². The van der Waals surface area contributed by atoms with Gasteiger partial charge in [-0.3, -0.25) is 14.9 Å². The third-order valence-corrected chi connectivity index (χ3v) is 2.65. The zero-order chi connectivity index (χ0) is 12.3. The van der Waals surface area contributed by atoms with Gasteiger partial charge in [0.1, 0.15) is 0 Å². The maximum Gasteiger partial charge on any atom is 0.276 e. The highest BCUT2D eigenvalue weighted by Gasteiger charge is 2.16. The third-order valence-electron chi connectivity index (χ3n) is 2.36. The number of carbonyl (C=O) groups is 1. The van der Waals surface area contributed by atoms with Crippen LogP contribution in [-0.2, 0) is 4.79 Å². The minimum Gasteiger partial charge on any atom is -0.276 e. The number of hydrogen-bond donors (Lipinski definition) is 0. The van der Waals surface area contributed by atoms with Crippen LogP contribution < -0.4 is 0 Å². The highest BCUT2D eigenvalue weighted by Crippen LogP contribution is 2.28. The van der Waals surface area contributed by atoms with Crippen LogP contribution in [0, 0.1) is 10.1 Å². The molecule has 0 aromatic heterocycles. The number of carbonyl (C=O) groups excluding carboxylic acids is 1. The summed E-state index contributed by atoms with van der Waals surface area (Å²) in [6.45, 7) is 3.18. The van der Waals surface area contributed by atoms with Gasteiger partial charge in [-0.05, 0) is 37.1 Å². The van der Waals surface area contributed by atoms with Crippen molar-refractivity contribution in [1.82, 2.24) is 0 Å². The number of hydrogen-bond acceptors (Lipinski definition) is 3. The Morgan fingerprint density at radius 3 is 2.38 bits per heavy atom. The van der Waals surface area contributed by atoms with Crippen molar-refractivity contribution >= 4 is 28.1 Å². The molecule has 1 aromatic rings. The Balaban J connectivity index is 3.39. The van der Waals surface area contributed by atoms with Crippen molar-refractivity contribution in [3.05, 3.63) is 45.5 Å². The molecule has 0 spiro atoms. The first-order valence-electron chi connectivity index (χ1n) is 4.56. The van der Waals surface area contributed by atoms with Gasteiger partial charge in [0.2, 0.25) is 5.24 Å². The lowest BCUT2D eigenvalue weighted by Crippen LogP contribution is -1.97. The van der Waals surface area contributed by atoms with E-state index in [-0.39, 0.29) is 5.69 Å². The molecule has 0 heterocycles. The summed E-state index contributed by atoms with van der Waals surface area (Å²) in [5.74, 6) is 0. The Bertz CT molecular complexity index is 480. The van der Waals surface area contributed by atoms with Gasteiger partial charge >= 0.3 is 0 Å². The minimum absolute atomic E-state index is 0.0303. The van der Waals surface area contributed by atoms with E-state index in [1.165, 1.54) is 6.07 Å². The van der Waals surface area contributed by atoms with Gasteiger partial charge in [0.25, 0.3) is 5.69 Å². The van der Waals surface area contributed by atoms with Crippen LogP contribution in [0.3, 0.4) is 0 Å². The van der Waals surface area contributed by atoms with Gasteiger partial charge in [0.15, 0.2) is 0 Å². The van der Waals surface area contributed by atoms with E-state index in [0.29, 0.717) is 16.7 Å². The number of benzene rings is 1. The lowest BCUT2D eigenvalue weighted by Gasteiger charge is -2.05. The maximum atomic E-state index is 11.0. The highest BCUT2D eigenvalue weighted by molar-refractivity contribution is 6.68. The predicted octanol–water partition coefficient (Wildman–Crippen LogP) is 3.15. The van der Waals surface area contributed by atoms with Gasteiger partial charge in [-0.25, -0.2) is 0 Å². The molecule has 0 aliphatic heterocycles. The number of rotatable bonds is 3. The summed E-state index contributed by atoms with van der Waals surface area (Å²) < 4.78 is 0. The van der Waals surface area contributed by atoms with Crippen LogP contribution in [0.1, 0.15) is 19.4 Å². The SMILES string of the molecule is C/C(C(=O)Cl)=C(\C)c1ccccc1[N+](=O)[O-]. The molecule has 0 aliphatic carbocycles. The second-order valence-electron chi connectivity index (χ2n) is 3.30. The Morgan fingerprint density at radius 1 is 1.31 bits per heavy atom. The Kier molecular flexibility index (Phi) is 3.79. The molecule has 0 unspecified atom stereocenters. The Hall–Kier alpha value is -1.68. The summed E-state index contributed by atoms with van der Waals surface area (Å²) in [5, 5.41) is 10.2. The molecule has 84 valence electrons. The van der Waals surface area contributed by atoms with Crippen LogP contribution in [-0.4, -0.2) is 10.2 Å². The van der Waals surface area contributed by atoms with Gasteiger partial charge < -0.3 is 0 Å². The topological polar surface area (TPSA) is 60.2 Å². The largest absolute Gasteiger partial charge is 0.276 e. The number of para-hydroxylation sites is 1. The lowest BCUT2D eigenvalue weighted by atomic mass is 10.0. The fourth-order valence-corrected chi connectivity index (χ4v) is 1.44. The van der Waals surface area contributed by atoms with E-state index in [2.05, 4.69) is 0 Å². The first kappa shape index (κ1) is 12.4. The fraction of sp³-hybridized carbons (Fsp3) is 0.182. The quantitative estimate of drug-likeness (QED) is 0.352. The van der Waals surface area contributed by atoms with E-state index < -0.39 is 10.2 Å². The summed E-state index contributed by atoms with van der Waals surface area (Å²) in [4.78, 5) is 21.3. The number of nitrogens with zero attached hydrogens (tertiary/aromatic N) is 1. The molecule has 5 heteroatoms. The van der Waals surface area contributed by atoms with Gasteiger partial charge in [0, 0.05) is 11.6 Å².